The second kappa shape index (κ2) is 7.49. The molecule has 21 heavy (non-hydrogen) atoms. The molecule has 0 radical (unpaired) electrons. The van der Waals surface area contributed by atoms with E-state index < -0.39 is 24.3 Å². The van der Waals surface area contributed by atoms with Gasteiger partial charge in [-0.1, -0.05) is 17.7 Å². The molecule has 0 spiro atoms. The summed E-state index contributed by atoms with van der Waals surface area (Å²) in [5, 5.41) is 18.9. The summed E-state index contributed by atoms with van der Waals surface area (Å²) in [7, 11) is 2.86. The Bertz CT molecular complexity index is 502. The summed E-state index contributed by atoms with van der Waals surface area (Å²) >= 11 is 6.18. The maximum atomic E-state index is 11.4. The number of hydrogen-bond acceptors (Lipinski definition) is 5. The smallest absolute Gasteiger partial charge is 0.337 e. The molecule has 0 amide bonds. The lowest BCUT2D eigenvalue weighted by atomic mass is 10.1. The highest BCUT2D eigenvalue weighted by Gasteiger charge is 2.29. The van der Waals surface area contributed by atoms with Crippen molar-refractivity contribution in [1.82, 2.24) is 0 Å². The Labute approximate surface area is 128 Å². The van der Waals surface area contributed by atoms with E-state index in [1.807, 2.05) is 0 Å². The molecule has 0 fully saturated rings. The minimum Gasteiger partial charge on any atom is -0.493 e. The van der Waals surface area contributed by atoms with Crippen LogP contribution < -0.4 is 9.47 Å². The summed E-state index contributed by atoms with van der Waals surface area (Å²) in [5.41, 5.74) is 0.231. The number of carboxylic acids is 1. The van der Waals surface area contributed by atoms with E-state index in [-0.39, 0.29) is 16.3 Å². The molecule has 7 heteroatoms. The van der Waals surface area contributed by atoms with Gasteiger partial charge in [-0.25, -0.2) is 4.79 Å². The Morgan fingerprint density at radius 1 is 1.24 bits per heavy atom. The number of ether oxygens (including phenoxy) is 3. The fourth-order valence-electron chi connectivity index (χ4n) is 1.70. The average molecular weight is 319 g/mol. The van der Waals surface area contributed by atoms with Gasteiger partial charge in [0.2, 0.25) is 0 Å². The first-order valence-corrected chi connectivity index (χ1v) is 6.68. The molecule has 0 saturated heterocycles. The standard InChI is InChI=1S/C14H19ClO6/c1-7(16)8(2)21-12(14(17)18)9-5-6-10(19-3)13(20-4)11(9)15/h5-8,12,16H,1-4H3,(H,17,18). The van der Waals surface area contributed by atoms with Crippen molar-refractivity contribution in [3.8, 4) is 11.5 Å². The third kappa shape index (κ3) is 4.00. The summed E-state index contributed by atoms with van der Waals surface area (Å²) in [6, 6.07) is 3.05. The summed E-state index contributed by atoms with van der Waals surface area (Å²) in [5.74, 6) is -0.591. The molecule has 0 bridgehead atoms. The van der Waals surface area contributed by atoms with Gasteiger partial charge < -0.3 is 24.4 Å². The highest BCUT2D eigenvalue weighted by atomic mass is 35.5. The Hall–Kier alpha value is -1.50. The third-order valence-corrected chi connectivity index (χ3v) is 3.44. The molecule has 0 aliphatic heterocycles. The topological polar surface area (TPSA) is 85.2 Å². The molecule has 0 saturated carbocycles. The van der Waals surface area contributed by atoms with Crippen molar-refractivity contribution >= 4 is 17.6 Å². The number of aliphatic carboxylic acids is 1. The quantitative estimate of drug-likeness (QED) is 0.802. The summed E-state index contributed by atoms with van der Waals surface area (Å²) in [4.78, 5) is 11.4. The number of rotatable bonds is 7. The van der Waals surface area contributed by atoms with Gasteiger partial charge in [-0.05, 0) is 19.9 Å². The fraction of sp³-hybridized carbons (Fsp3) is 0.500. The monoisotopic (exact) mass is 318 g/mol. The molecule has 0 heterocycles. The average Bonchev–Trinajstić information content (AvgIpc) is 2.43. The van der Waals surface area contributed by atoms with Gasteiger partial charge in [0, 0.05) is 5.56 Å². The van der Waals surface area contributed by atoms with E-state index in [0.29, 0.717) is 5.75 Å². The molecule has 3 atom stereocenters. The van der Waals surface area contributed by atoms with E-state index in [9.17, 15) is 15.0 Å². The van der Waals surface area contributed by atoms with Crippen molar-refractivity contribution in [3.05, 3.63) is 22.7 Å². The number of halogens is 1. The molecule has 6 nitrogen and oxygen atoms in total. The van der Waals surface area contributed by atoms with Crippen molar-refractivity contribution in [2.24, 2.45) is 0 Å². The molecular formula is C14H19ClO6. The van der Waals surface area contributed by atoms with Crippen LogP contribution in [0.1, 0.15) is 25.5 Å². The van der Waals surface area contributed by atoms with Gasteiger partial charge in [-0.15, -0.1) is 0 Å². The van der Waals surface area contributed by atoms with Gasteiger partial charge in [-0.3, -0.25) is 0 Å². The van der Waals surface area contributed by atoms with Crippen LogP contribution in [0.15, 0.2) is 12.1 Å². The lowest BCUT2D eigenvalue weighted by Crippen LogP contribution is -2.28. The fourth-order valence-corrected chi connectivity index (χ4v) is 2.03. The summed E-state index contributed by atoms with van der Waals surface area (Å²) in [6.45, 7) is 3.09. The molecule has 1 aromatic rings. The predicted molar refractivity (Wildman–Crippen MR) is 77.2 cm³/mol. The Morgan fingerprint density at radius 3 is 2.29 bits per heavy atom. The molecular weight excluding hydrogens is 300 g/mol. The van der Waals surface area contributed by atoms with Crippen LogP contribution in [-0.2, 0) is 9.53 Å². The second-order valence-corrected chi connectivity index (χ2v) is 4.88. The number of benzene rings is 1. The van der Waals surface area contributed by atoms with Crippen molar-refractivity contribution in [2.75, 3.05) is 14.2 Å². The number of carbonyl (C=O) groups is 1. The number of aliphatic hydroxyl groups excluding tert-OH is 1. The van der Waals surface area contributed by atoms with Crippen LogP contribution >= 0.6 is 11.6 Å². The van der Waals surface area contributed by atoms with Crippen molar-refractivity contribution in [3.63, 3.8) is 0 Å². The van der Waals surface area contributed by atoms with Crippen LogP contribution in [0.3, 0.4) is 0 Å². The van der Waals surface area contributed by atoms with Crippen LogP contribution in [0.25, 0.3) is 0 Å². The second-order valence-electron chi connectivity index (χ2n) is 4.50. The SMILES string of the molecule is COc1ccc(C(OC(C)C(C)O)C(=O)O)c(Cl)c1OC. The lowest BCUT2D eigenvalue weighted by Gasteiger charge is -2.23. The predicted octanol–water partition coefficient (Wildman–Crippen LogP) is 2.27. The normalized spacial score (nSPS) is 15.1. The van der Waals surface area contributed by atoms with E-state index >= 15 is 0 Å². The van der Waals surface area contributed by atoms with E-state index in [0.717, 1.165) is 0 Å². The number of hydrogen-bond donors (Lipinski definition) is 2. The maximum absolute atomic E-state index is 11.4. The molecule has 118 valence electrons. The van der Waals surface area contributed by atoms with Gasteiger partial charge >= 0.3 is 5.97 Å². The minimum atomic E-state index is -1.32. The highest BCUT2D eigenvalue weighted by Crippen LogP contribution is 2.40. The Balaban J connectivity index is 3.23. The van der Waals surface area contributed by atoms with Crippen molar-refractivity contribution in [1.29, 1.82) is 0 Å². The van der Waals surface area contributed by atoms with Crippen LogP contribution in [-0.4, -0.2) is 42.6 Å². The summed E-state index contributed by atoms with van der Waals surface area (Å²) < 4.78 is 15.6. The minimum absolute atomic E-state index is 0.0991. The largest absolute Gasteiger partial charge is 0.493 e. The van der Waals surface area contributed by atoms with Gasteiger partial charge in [0.05, 0.1) is 31.5 Å². The number of carboxylic acid groups (broad SMARTS) is 1. The number of aliphatic hydroxyl groups is 1. The van der Waals surface area contributed by atoms with Crippen molar-refractivity contribution < 1.29 is 29.2 Å². The first-order chi connectivity index (χ1) is 9.83. The zero-order valence-electron chi connectivity index (χ0n) is 12.3. The van der Waals surface area contributed by atoms with E-state index in [1.54, 1.807) is 13.0 Å². The van der Waals surface area contributed by atoms with Crippen LogP contribution in [0.5, 0.6) is 11.5 Å². The first kappa shape index (κ1) is 17.6. The number of methoxy groups -OCH3 is 2. The zero-order chi connectivity index (χ0) is 16.2. The maximum Gasteiger partial charge on any atom is 0.337 e. The molecule has 0 aliphatic rings. The van der Waals surface area contributed by atoms with E-state index in [2.05, 4.69) is 0 Å². The third-order valence-electron chi connectivity index (χ3n) is 3.05. The highest BCUT2D eigenvalue weighted by molar-refractivity contribution is 6.33. The van der Waals surface area contributed by atoms with Crippen LogP contribution in [0.2, 0.25) is 5.02 Å². The van der Waals surface area contributed by atoms with E-state index in [1.165, 1.54) is 27.2 Å². The lowest BCUT2D eigenvalue weighted by molar-refractivity contribution is -0.158. The molecule has 1 aromatic carbocycles. The summed E-state index contributed by atoms with van der Waals surface area (Å²) in [6.07, 6.45) is -2.80. The molecule has 0 aromatic heterocycles. The Morgan fingerprint density at radius 2 is 1.86 bits per heavy atom. The van der Waals surface area contributed by atoms with Gasteiger partial charge in [0.15, 0.2) is 17.6 Å². The zero-order valence-corrected chi connectivity index (χ0v) is 13.0. The van der Waals surface area contributed by atoms with Gasteiger partial charge in [-0.2, -0.15) is 0 Å². The van der Waals surface area contributed by atoms with Crippen molar-refractivity contribution in [2.45, 2.75) is 32.2 Å². The van der Waals surface area contributed by atoms with Crippen LogP contribution in [0, 0.1) is 0 Å². The molecule has 1 rings (SSSR count). The molecule has 2 N–H and O–H groups in total. The Kier molecular flexibility index (Phi) is 6.26. The first-order valence-electron chi connectivity index (χ1n) is 6.30. The van der Waals surface area contributed by atoms with Crippen LogP contribution in [0.4, 0.5) is 0 Å². The van der Waals surface area contributed by atoms with E-state index in [4.69, 9.17) is 25.8 Å². The molecule has 0 aliphatic carbocycles. The van der Waals surface area contributed by atoms with Gasteiger partial charge in [0.1, 0.15) is 0 Å². The van der Waals surface area contributed by atoms with Gasteiger partial charge in [0.25, 0.3) is 0 Å². The molecule has 3 unspecified atom stereocenters.